The minimum atomic E-state index is -4.35. The Hall–Kier alpha value is -1.00. The second-order valence-corrected chi connectivity index (χ2v) is 3.63. The summed E-state index contributed by atoms with van der Waals surface area (Å²) in [6.07, 6.45) is -2.11. The molecule has 1 aliphatic carbocycles. The molecule has 0 unspecified atom stereocenters. The van der Waals surface area contributed by atoms with Gasteiger partial charge in [0.05, 0.1) is 6.20 Å². The van der Waals surface area contributed by atoms with Crippen LogP contribution in [0.2, 0.25) is 0 Å². The van der Waals surface area contributed by atoms with Crippen molar-refractivity contribution in [3.8, 4) is 0 Å². The molecule has 1 aromatic rings. The van der Waals surface area contributed by atoms with Crippen LogP contribution in [0, 0.1) is 0 Å². The summed E-state index contributed by atoms with van der Waals surface area (Å²) in [5, 5.41) is 3.20. The van der Waals surface area contributed by atoms with E-state index in [0.29, 0.717) is 0 Å². The summed E-state index contributed by atoms with van der Waals surface area (Å²) in [5.41, 5.74) is -1.16. The van der Waals surface area contributed by atoms with E-state index in [4.69, 9.17) is 0 Å². The molecule has 0 saturated heterocycles. The second-order valence-electron chi connectivity index (χ2n) is 3.63. The van der Waals surface area contributed by atoms with Gasteiger partial charge in [-0.05, 0) is 12.8 Å². The Morgan fingerprint density at radius 1 is 1.46 bits per heavy atom. The molecule has 13 heavy (non-hydrogen) atoms. The highest BCUT2D eigenvalue weighted by Crippen LogP contribution is 2.51. The highest BCUT2D eigenvalue weighted by molar-refractivity contribution is 5.29. The Morgan fingerprint density at radius 3 is 2.54 bits per heavy atom. The zero-order chi connectivity index (χ0) is 9.69. The smallest absolute Gasteiger partial charge is 0.360 e. The van der Waals surface area contributed by atoms with Gasteiger partial charge in [0.25, 0.3) is 0 Å². The SMILES string of the molecule is CC1(c2oncc2C(F)(F)F)CC1. The van der Waals surface area contributed by atoms with Gasteiger partial charge in [0.2, 0.25) is 0 Å². The Kier molecular flexibility index (Phi) is 1.50. The molecule has 0 aliphatic heterocycles. The summed E-state index contributed by atoms with van der Waals surface area (Å²) in [7, 11) is 0. The lowest BCUT2D eigenvalue weighted by atomic mass is 10.0. The fourth-order valence-electron chi connectivity index (χ4n) is 1.29. The van der Waals surface area contributed by atoms with E-state index in [1.165, 1.54) is 0 Å². The average Bonchev–Trinajstić information content (AvgIpc) is 2.60. The monoisotopic (exact) mass is 191 g/mol. The molecule has 1 heterocycles. The summed E-state index contributed by atoms with van der Waals surface area (Å²) in [6, 6.07) is 0. The molecule has 72 valence electrons. The van der Waals surface area contributed by atoms with Gasteiger partial charge < -0.3 is 4.52 Å². The van der Waals surface area contributed by atoms with Crippen molar-refractivity contribution in [3.63, 3.8) is 0 Å². The number of aromatic nitrogens is 1. The summed E-state index contributed by atoms with van der Waals surface area (Å²) >= 11 is 0. The largest absolute Gasteiger partial charge is 0.421 e. The Morgan fingerprint density at radius 2 is 2.08 bits per heavy atom. The fourth-order valence-corrected chi connectivity index (χ4v) is 1.29. The zero-order valence-electron chi connectivity index (χ0n) is 6.98. The van der Waals surface area contributed by atoms with Crippen LogP contribution in [0.4, 0.5) is 13.2 Å². The molecule has 0 N–H and O–H groups in total. The van der Waals surface area contributed by atoms with Gasteiger partial charge in [-0.15, -0.1) is 0 Å². The summed E-state index contributed by atoms with van der Waals surface area (Å²) in [4.78, 5) is 0. The van der Waals surface area contributed by atoms with E-state index in [0.717, 1.165) is 19.0 Å². The molecule has 0 amide bonds. The molecular formula is C8H8F3NO. The lowest BCUT2D eigenvalue weighted by Crippen LogP contribution is -2.11. The predicted octanol–water partition coefficient (Wildman–Crippen LogP) is 2.74. The molecule has 5 heteroatoms. The highest BCUT2D eigenvalue weighted by atomic mass is 19.4. The maximum atomic E-state index is 12.3. The van der Waals surface area contributed by atoms with Crippen molar-refractivity contribution in [2.75, 3.05) is 0 Å². The molecule has 2 rings (SSSR count). The van der Waals surface area contributed by atoms with E-state index in [2.05, 4.69) is 9.68 Å². The van der Waals surface area contributed by atoms with Crippen LogP contribution in [0.5, 0.6) is 0 Å². The number of hydrogen-bond acceptors (Lipinski definition) is 2. The predicted molar refractivity (Wildman–Crippen MR) is 38.1 cm³/mol. The summed E-state index contributed by atoms with van der Waals surface area (Å²) in [6.45, 7) is 1.75. The van der Waals surface area contributed by atoms with Gasteiger partial charge >= 0.3 is 6.18 Å². The summed E-state index contributed by atoms with van der Waals surface area (Å²) < 4.78 is 41.7. The maximum Gasteiger partial charge on any atom is 0.421 e. The van der Waals surface area contributed by atoms with Crippen LogP contribution in [0.25, 0.3) is 0 Å². The molecule has 0 bridgehead atoms. The lowest BCUT2D eigenvalue weighted by molar-refractivity contribution is -0.139. The van der Waals surface area contributed by atoms with Gasteiger partial charge in [0.1, 0.15) is 5.56 Å². The van der Waals surface area contributed by atoms with Gasteiger partial charge in [-0.25, -0.2) is 0 Å². The first-order valence-corrected chi connectivity index (χ1v) is 3.96. The van der Waals surface area contributed by atoms with Gasteiger partial charge in [0, 0.05) is 5.41 Å². The van der Waals surface area contributed by atoms with Crippen molar-refractivity contribution >= 4 is 0 Å². The third kappa shape index (κ3) is 1.32. The molecule has 0 aromatic carbocycles. The standard InChI is InChI=1S/C8H8F3NO/c1-7(2-3-7)6-5(4-12-13-6)8(9,10)11/h4H,2-3H2,1H3. The summed E-state index contributed by atoms with van der Waals surface area (Å²) in [5.74, 6) is -0.0139. The van der Waals surface area contributed by atoms with E-state index >= 15 is 0 Å². The quantitative estimate of drug-likeness (QED) is 0.682. The first-order chi connectivity index (χ1) is 5.93. The van der Waals surface area contributed by atoms with Crippen molar-refractivity contribution in [2.24, 2.45) is 0 Å². The lowest BCUT2D eigenvalue weighted by Gasteiger charge is -2.08. The van der Waals surface area contributed by atoms with Crippen LogP contribution < -0.4 is 0 Å². The van der Waals surface area contributed by atoms with E-state index in [1.54, 1.807) is 6.92 Å². The minimum Gasteiger partial charge on any atom is -0.360 e. The topological polar surface area (TPSA) is 26.0 Å². The van der Waals surface area contributed by atoms with Gasteiger partial charge in [-0.1, -0.05) is 12.1 Å². The van der Waals surface area contributed by atoms with Crippen LogP contribution in [0.1, 0.15) is 31.1 Å². The van der Waals surface area contributed by atoms with Crippen molar-refractivity contribution in [3.05, 3.63) is 17.5 Å². The first kappa shape index (κ1) is 8.59. The molecule has 1 saturated carbocycles. The maximum absolute atomic E-state index is 12.3. The number of alkyl halides is 3. The Balaban J connectivity index is 2.42. The first-order valence-electron chi connectivity index (χ1n) is 3.96. The van der Waals surface area contributed by atoms with Gasteiger partial charge in [0.15, 0.2) is 5.76 Å². The number of nitrogens with zero attached hydrogens (tertiary/aromatic N) is 1. The fraction of sp³-hybridized carbons (Fsp3) is 0.625. The van der Waals surface area contributed by atoms with Crippen LogP contribution in [-0.2, 0) is 11.6 Å². The molecule has 1 fully saturated rings. The van der Waals surface area contributed by atoms with Crippen LogP contribution >= 0.6 is 0 Å². The Labute approximate surface area is 72.7 Å². The van der Waals surface area contributed by atoms with Crippen LogP contribution in [0.15, 0.2) is 10.7 Å². The van der Waals surface area contributed by atoms with Crippen molar-refractivity contribution in [1.82, 2.24) is 5.16 Å². The highest BCUT2D eigenvalue weighted by Gasteiger charge is 2.49. The van der Waals surface area contributed by atoms with E-state index in [1.807, 2.05) is 0 Å². The van der Waals surface area contributed by atoms with Crippen LogP contribution in [0.3, 0.4) is 0 Å². The number of halogens is 3. The third-order valence-electron chi connectivity index (χ3n) is 2.42. The normalized spacial score (nSPS) is 20.3. The zero-order valence-corrected chi connectivity index (χ0v) is 6.98. The molecule has 1 aliphatic rings. The van der Waals surface area contributed by atoms with Crippen molar-refractivity contribution < 1.29 is 17.7 Å². The second kappa shape index (κ2) is 2.27. The molecule has 0 radical (unpaired) electrons. The molecular weight excluding hydrogens is 183 g/mol. The molecule has 1 aromatic heterocycles. The van der Waals surface area contributed by atoms with Crippen LogP contribution in [-0.4, -0.2) is 5.16 Å². The third-order valence-corrected chi connectivity index (χ3v) is 2.42. The van der Waals surface area contributed by atoms with E-state index < -0.39 is 17.2 Å². The average molecular weight is 191 g/mol. The van der Waals surface area contributed by atoms with Crippen molar-refractivity contribution in [2.45, 2.75) is 31.4 Å². The van der Waals surface area contributed by atoms with E-state index in [-0.39, 0.29) is 5.76 Å². The number of hydrogen-bond donors (Lipinski definition) is 0. The minimum absolute atomic E-state index is 0.0139. The number of rotatable bonds is 1. The van der Waals surface area contributed by atoms with E-state index in [9.17, 15) is 13.2 Å². The van der Waals surface area contributed by atoms with Gasteiger partial charge in [-0.3, -0.25) is 0 Å². The Bertz CT molecular complexity index is 305. The van der Waals surface area contributed by atoms with Crippen molar-refractivity contribution in [1.29, 1.82) is 0 Å². The molecule has 0 spiro atoms. The van der Waals surface area contributed by atoms with Gasteiger partial charge in [-0.2, -0.15) is 13.2 Å². The molecule has 2 nitrogen and oxygen atoms in total. The molecule has 0 atom stereocenters.